The van der Waals surface area contributed by atoms with E-state index >= 15 is 0 Å². The van der Waals surface area contributed by atoms with Crippen molar-refractivity contribution >= 4 is 35.1 Å². The summed E-state index contributed by atoms with van der Waals surface area (Å²) in [5, 5.41) is 5.49. The molecule has 7 nitrogen and oxygen atoms in total. The number of hydrogen-bond donors (Lipinski definition) is 1. The zero-order valence-electron chi connectivity index (χ0n) is 23.3. The van der Waals surface area contributed by atoms with Crippen molar-refractivity contribution in [1.82, 2.24) is 9.78 Å². The SMILES string of the molecule is COC(=O)[C@H](Cc1ccc(F)cc1)[N+](=N)C(=O)c1nn(-c2ccc(Cl)cc2Cl)c2c1CCCCC2Cc1ccc(F)cc1. The van der Waals surface area contributed by atoms with Crippen molar-refractivity contribution in [2.75, 3.05) is 7.11 Å². The Balaban J connectivity index is 1.60. The molecule has 1 amide bonds. The smallest absolute Gasteiger partial charge is 0.464 e. The van der Waals surface area contributed by atoms with Crippen LogP contribution in [0.2, 0.25) is 10.0 Å². The highest BCUT2D eigenvalue weighted by molar-refractivity contribution is 6.35. The van der Waals surface area contributed by atoms with E-state index < -0.39 is 23.7 Å². The Morgan fingerprint density at radius 2 is 1.67 bits per heavy atom. The lowest BCUT2D eigenvalue weighted by Gasteiger charge is -2.19. The minimum atomic E-state index is -1.30. The largest absolute Gasteiger partial charge is 0.465 e. The molecule has 0 bridgehead atoms. The molecule has 0 fully saturated rings. The first-order valence-corrected chi connectivity index (χ1v) is 14.6. The first-order valence-electron chi connectivity index (χ1n) is 13.8. The number of nitrogens with zero attached hydrogens (tertiary/aromatic N) is 3. The van der Waals surface area contributed by atoms with Crippen LogP contribution in [-0.4, -0.2) is 39.5 Å². The van der Waals surface area contributed by atoms with E-state index in [1.807, 2.05) is 0 Å². The van der Waals surface area contributed by atoms with E-state index in [1.165, 1.54) is 43.5 Å². The fraction of sp³-hybridized carbons (Fsp3) is 0.281. The van der Waals surface area contributed by atoms with Crippen molar-refractivity contribution in [1.29, 1.82) is 5.53 Å². The fourth-order valence-electron chi connectivity index (χ4n) is 5.59. The number of halogens is 4. The van der Waals surface area contributed by atoms with Crippen LogP contribution in [0.5, 0.6) is 0 Å². The third kappa shape index (κ3) is 6.68. The fourth-order valence-corrected chi connectivity index (χ4v) is 6.07. The Bertz CT molecular complexity index is 1670. The van der Waals surface area contributed by atoms with Crippen molar-refractivity contribution in [3.8, 4) is 5.69 Å². The van der Waals surface area contributed by atoms with E-state index in [1.54, 1.807) is 35.0 Å². The molecule has 3 aromatic carbocycles. The van der Waals surface area contributed by atoms with Crippen LogP contribution >= 0.6 is 23.2 Å². The van der Waals surface area contributed by atoms with E-state index in [0.717, 1.165) is 30.5 Å². The molecule has 1 aromatic heterocycles. The first kappa shape index (κ1) is 30.5. The number of carbonyl (C=O) groups is 2. The maximum absolute atomic E-state index is 14.0. The molecule has 4 aromatic rings. The van der Waals surface area contributed by atoms with Crippen molar-refractivity contribution in [2.24, 2.45) is 0 Å². The summed E-state index contributed by atoms with van der Waals surface area (Å²) < 4.78 is 34.3. The van der Waals surface area contributed by atoms with Gasteiger partial charge < -0.3 is 4.74 Å². The average Bonchev–Trinajstić information content (AvgIpc) is 3.24. The second-order valence-electron chi connectivity index (χ2n) is 10.5. The molecule has 222 valence electrons. The van der Waals surface area contributed by atoms with Crippen LogP contribution in [0, 0.1) is 17.2 Å². The zero-order valence-corrected chi connectivity index (χ0v) is 24.8. The molecule has 1 N–H and O–H groups in total. The minimum absolute atomic E-state index is 0.0371. The monoisotopic (exact) mass is 625 g/mol. The number of fused-ring (bicyclic) bond motifs is 1. The zero-order chi connectivity index (χ0) is 30.7. The summed E-state index contributed by atoms with van der Waals surface area (Å²) in [6.07, 6.45) is 3.48. The second-order valence-corrected chi connectivity index (χ2v) is 11.4. The van der Waals surface area contributed by atoms with Gasteiger partial charge in [-0.15, -0.1) is 0 Å². The van der Waals surface area contributed by atoms with Gasteiger partial charge in [0, 0.05) is 22.9 Å². The van der Waals surface area contributed by atoms with Gasteiger partial charge in [-0.3, -0.25) is 0 Å². The Labute approximate surface area is 257 Å². The van der Waals surface area contributed by atoms with Crippen molar-refractivity contribution in [2.45, 2.75) is 50.5 Å². The lowest BCUT2D eigenvalue weighted by atomic mass is 9.90. The molecule has 11 heteroatoms. The van der Waals surface area contributed by atoms with E-state index in [2.05, 4.69) is 0 Å². The Morgan fingerprint density at radius 3 is 2.30 bits per heavy atom. The van der Waals surface area contributed by atoms with Crippen LogP contribution in [0.25, 0.3) is 5.69 Å². The molecule has 43 heavy (non-hydrogen) atoms. The lowest BCUT2D eigenvalue weighted by molar-refractivity contribution is -0.548. The van der Waals surface area contributed by atoms with Crippen LogP contribution in [0.15, 0.2) is 66.7 Å². The molecule has 5 rings (SSSR count). The van der Waals surface area contributed by atoms with Crippen LogP contribution in [-0.2, 0) is 28.8 Å². The van der Waals surface area contributed by atoms with Crippen molar-refractivity contribution in [3.05, 3.63) is 116 Å². The van der Waals surface area contributed by atoms with Crippen LogP contribution in [0.3, 0.4) is 0 Å². The first-order chi connectivity index (χ1) is 20.7. The molecule has 0 saturated heterocycles. The summed E-state index contributed by atoms with van der Waals surface area (Å²) in [6.45, 7) is 0. The van der Waals surface area contributed by atoms with E-state index in [-0.39, 0.29) is 23.8 Å². The van der Waals surface area contributed by atoms with Gasteiger partial charge in [0.1, 0.15) is 11.6 Å². The predicted octanol–water partition coefficient (Wildman–Crippen LogP) is 7.48. The Kier molecular flexibility index (Phi) is 9.32. The van der Waals surface area contributed by atoms with Crippen LogP contribution < -0.4 is 0 Å². The summed E-state index contributed by atoms with van der Waals surface area (Å²) in [6, 6.07) is 15.5. The number of esters is 1. The van der Waals surface area contributed by atoms with Gasteiger partial charge in [-0.1, -0.05) is 59.4 Å². The number of hydrogen-bond acceptors (Lipinski definition) is 5. The molecule has 2 atom stereocenters. The Morgan fingerprint density at radius 1 is 1.02 bits per heavy atom. The van der Waals surface area contributed by atoms with Gasteiger partial charge in [0.15, 0.2) is 0 Å². The molecule has 1 unspecified atom stereocenters. The predicted molar refractivity (Wildman–Crippen MR) is 157 cm³/mol. The van der Waals surface area contributed by atoms with Gasteiger partial charge in [0.2, 0.25) is 5.69 Å². The lowest BCUT2D eigenvalue weighted by Crippen LogP contribution is -2.39. The number of ether oxygens (including phenoxy) is 1. The van der Waals surface area contributed by atoms with Crippen LogP contribution in [0.4, 0.5) is 8.78 Å². The molecular formula is C32H29Cl2F2N4O3+. The number of aromatic nitrogens is 2. The van der Waals surface area contributed by atoms with Crippen molar-refractivity contribution < 1.29 is 27.8 Å². The van der Waals surface area contributed by atoms with Gasteiger partial charge in [0.25, 0.3) is 6.04 Å². The number of rotatable bonds is 8. The molecule has 1 aliphatic rings. The maximum Gasteiger partial charge on any atom is 0.465 e. The summed E-state index contributed by atoms with van der Waals surface area (Å²) in [5.41, 5.74) is 12.3. The highest BCUT2D eigenvalue weighted by Gasteiger charge is 2.42. The van der Waals surface area contributed by atoms with E-state index in [0.29, 0.717) is 44.4 Å². The minimum Gasteiger partial charge on any atom is -0.464 e. The quantitative estimate of drug-likeness (QED) is 0.0951. The molecule has 0 radical (unpaired) electrons. The normalized spacial score (nSPS) is 15.3. The summed E-state index contributed by atoms with van der Waals surface area (Å²) in [4.78, 5) is 26.8. The standard InChI is InChI=1S/C32H29Cl2F2N4O3/c1-43-32(42)28(17-20-8-13-24(36)14-9-20)39(37)31(41)29-25-5-3-2-4-21(16-19-6-11-23(35)12-7-19)30(25)40(38-29)27-15-10-22(33)18-26(27)34/h6-15,18,21,28,37H,2-5,16-17H2,1H3/q+1/t21?,28-/m0/s1. The molecule has 1 heterocycles. The van der Waals surface area contributed by atoms with Crippen molar-refractivity contribution in [3.63, 3.8) is 0 Å². The number of nitrogens with one attached hydrogen (secondary N) is 1. The number of benzene rings is 3. The molecule has 0 spiro atoms. The third-order valence-electron chi connectivity index (χ3n) is 7.72. The molecule has 0 aliphatic heterocycles. The number of amides is 1. The third-order valence-corrected chi connectivity index (χ3v) is 8.26. The van der Waals surface area contributed by atoms with Crippen LogP contribution in [0.1, 0.15) is 58.1 Å². The average molecular weight is 627 g/mol. The highest BCUT2D eigenvalue weighted by Crippen LogP contribution is 2.38. The Hall–Kier alpha value is -3.95. The maximum atomic E-state index is 14.0. The van der Waals surface area contributed by atoms with E-state index in [9.17, 15) is 18.4 Å². The van der Waals surface area contributed by atoms with E-state index in [4.69, 9.17) is 38.6 Å². The summed E-state index contributed by atoms with van der Waals surface area (Å²) in [7, 11) is 1.18. The van der Waals surface area contributed by atoms with Gasteiger partial charge in [-0.25, -0.2) is 23.1 Å². The number of carbonyl (C=O) groups excluding carboxylic acids is 2. The van der Waals surface area contributed by atoms with Gasteiger partial charge in [-0.05, 0) is 84.0 Å². The van der Waals surface area contributed by atoms with Gasteiger partial charge in [0.05, 0.1) is 23.5 Å². The highest BCUT2D eigenvalue weighted by atomic mass is 35.5. The summed E-state index contributed by atoms with van der Waals surface area (Å²) in [5.74, 6) is -2.43. The van der Waals surface area contributed by atoms with Gasteiger partial charge in [-0.2, -0.15) is 5.10 Å². The molecular weight excluding hydrogens is 597 g/mol. The second kappa shape index (κ2) is 13.1. The summed E-state index contributed by atoms with van der Waals surface area (Å²) >= 11 is 12.8. The number of methoxy groups -OCH3 is 1. The van der Waals surface area contributed by atoms with Gasteiger partial charge >= 0.3 is 11.9 Å². The topological polar surface area (TPSA) is 88.1 Å². The molecule has 0 saturated carbocycles. The molecule has 1 aliphatic carbocycles.